The molecular weight excluding hydrogens is 684 g/mol. The Bertz CT molecular complexity index is 1990. The minimum atomic E-state index is -0.207. The van der Waals surface area contributed by atoms with Crippen molar-refractivity contribution in [3.8, 4) is 15.5 Å². The third-order valence-electron chi connectivity index (χ3n) is 6.72. The summed E-state index contributed by atoms with van der Waals surface area (Å²) in [4.78, 5) is 28.0. The van der Waals surface area contributed by atoms with E-state index in [1.54, 1.807) is 13.2 Å². The van der Waals surface area contributed by atoms with Gasteiger partial charge >= 0.3 is 248 Å². The molecule has 15 heteroatoms. The number of rotatable bonds is 7. The summed E-state index contributed by atoms with van der Waals surface area (Å²) >= 11 is 2.35. The van der Waals surface area contributed by atoms with Crippen LogP contribution < -0.4 is 20.8 Å². The van der Waals surface area contributed by atoms with Crippen LogP contribution in [0, 0.1) is 12.8 Å². The molecule has 0 amide bonds. The first kappa shape index (κ1) is 26.0. The Labute approximate surface area is 246 Å². The first-order chi connectivity index (χ1) is 19.5. The molecule has 0 aliphatic carbocycles. The van der Waals surface area contributed by atoms with Crippen molar-refractivity contribution >= 4 is 76.6 Å². The van der Waals surface area contributed by atoms with Crippen LogP contribution in [-0.4, -0.2) is 81.8 Å². The topological polar surface area (TPSA) is 128 Å². The molecule has 0 unspecified atom stereocenters. The van der Waals surface area contributed by atoms with Crippen LogP contribution in [0.1, 0.15) is 17.5 Å². The molecule has 6 aromatic rings. The quantitative estimate of drug-likeness (QED) is 0.248. The van der Waals surface area contributed by atoms with Gasteiger partial charge in [-0.2, -0.15) is 0 Å². The first-order valence-electron chi connectivity index (χ1n) is 12.4. The predicted octanol–water partition coefficient (Wildman–Crippen LogP) is 1.82. The van der Waals surface area contributed by atoms with Gasteiger partial charge in [0.1, 0.15) is 0 Å². The zero-order chi connectivity index (χ0) is 27.4. The van der Waals surface area contributed by atoms with Gasteiger partial charge in [-0.1, -0.05) is 0 Å². The number of aliphatic hydroxyl groups is 1. The van der Waals surface area contributed by atoms with Gasteiger partial charge in [0.05, 0.1) is 0 Å². The molecule has 1 fully saturated rings. The van der Waals surface area contributed by atoms with E-state index in [2.05, 4.69) is 25.3 Å². The van der Waals surface area contributed by atoms with E-state index >= 15 is 0 Å². The SMILES string of the molecule is Cc1ccc2[se]n(-c3nnc(OC[C@@H]4CCN(c5nnc(-n6[se]c7ccc(CO)cc7c6=O)s5)C4)s3)c(=O)c2c1. The van der Waals surface area contributed by atoms with E-state index in [0.717, 1.165) is 49.7 Å². The fraction of sp³-hybridized carbons (Fsp3) is 0.280. The van der Waals surface area contributed by atoms with E-state index in [9.17, 15) is 14.7 Å². The number of aliphatic hydroxyl groups excluding tert-OH is 1. The van der Waals surface area contributed by atoms with Crippen molar-refractivity contribution in [1.82, 2.24) is 27.5 Å². The number of nitrogens with zero attached hydrogens (tertiary/aromatic N) is 7. The number of benzene rings is 2. The summed E-state index contributed by atoms with van der Waals surface area (Å²) in [6.45, 7) is 3.97. The van der Waals surface area contributed by atoms with Crippen molar-refractivity contribution in [3.05, 3.63) is 68.2 Å². The van der Waals surface area contributed by atoms with E-state index in [0.29, 0.717) is 27.4 Å². The number of anilines is 1. The minimum absolute atomic E-state index is 0.0279. The molecule has 0 radical (unpaired) electrons. The van der Waals surface area contributed by atoms with Crippen LogP contribution in [0.2, 0.25) is 0 Å². The maximum absolute atomic E-state index is 13.0. The fourth-order valence-corrected chi connectivity index (χ4v) is 10.5. The van der Waals surface area contributed by atoms with Gasteiger partial charge < -0.3 is 0 Å². The summed E-state index contributed by atoms with van der Waals surface area (Å²) in [5, 5.41) is 30.3. The number of aryl methyl sites for hydroxylation is 1. The number of hydrogen-bond acceptors (Lipinski definition) is 11. The van der Waals surface area contributed by atoms with E-state index in [1.807, 2.05) is 37.3 Å². The Morgan fingerprint density at radius 2 is 1.60 bits per heavy atom. The Morgan fingerprint density at radius 3 is 2.38 bits per heavy atom. The molecule has 7 rings (SSSR count). The molecule has 1 saturated heterocycles. The zero-order valence-electron chi connectivity index (χ0n) is 21.0. The molecule has 0 saturated carbocycles. The summed E-state index contributed by atoms with van der Waals surface area (Å²) < 4.78 is 11.4. The van der Waals surface area contributed by atoms with Gasteiger partial charge in [-0.3, -0.25) is 0 Å². The van der Waals surface area contributed by atoms with Crippen LogP contribution >= 0.6 is 22.7 Å². The van der Waals surface area contributed by atoms with Crippen molar-refractivity contribution in [3.63, 3.8) is 0 Å². The van der Waals surface area contributed by atoms with Crippen LogP contribution in [0.5, 0.6) is 5.19 Å². The maximum atomic E-state index is 13.0. The summed E-state index contributed by atoms with van der Waals surface area (Å²) in [6, 6.07) is 11.5. The Kier molecular flexibility index (Phi) is 6.83. The van der Waals surface area contributed by atoms with Crippen LogP contribution in [0.25, 0.3) is 29.6 Å². The molecule has 1 N–H and O–H groups in total. The average molecular weight is 706 g/mol. The third kappa shape index (κ3) is 4.71. The Morgan fingerprint density at radius 1 is 0.925 bits per heavy atom. The van der Waals surface area contributed by atoms with Crippen molar-refractivity contribution in [2.75, 3.05) is 24.6 Å². The predicted molar refractivity (Wildman–Crippen MR) is 156 cm³/mol. The average Bonchev–Trinajstić information content (AvgIpc) is 3.79. The molecule has 0 spiro atoms. The van der Waals surface area contributed by atoms with E-state index < -0.39 is 0 Å². The second-order valence-corrected chi connectivity index (χ2v) is 15.5. The molecule has 2 aromatic carbocycles. The number of fused-ring (bicyclic) bond motifs is 2. The van der Waals surface area contributed by atoms with Crippen LogP contribution in [0.4, 0.5) is 5.13 Å². The van der Waals surface area contributed by atoms with Crippen molar-refractivity contribution in [1.29, 1.82) is 0 Å². The number of aromatic nitrogens is 6. The van der Waals surface area contributed by atoms with Gasteiger partial charge in [0, 0.05) is 0 Å². The summed E-state index contributed by atoms with van der Waals surface area (Å²) in [6.07, 6.45) is 0.935. The molecule has 1 aliphatic heterocycles. The summed E-state index contributed by atoms with van der Waals surface area (Å²) in [5.74, 6) is 0.281. The molecule has 1 aliphatic rings. The second kappa shape index (κ2) is 10.5. The van der Waals surface area contributed by atoms with E-state index in [4.69, 9.17) is 4.74 Å². The molecule has 11 nitrogen and oxygen atoms in total. The third-order valence-corrected chi connectivity index (χ3v) is 13.5. The zero-order valence-corrected chi connectivity index (χ0v) is 26.1. The van der Waals surface area contributed by atoms with Crippen molar-refractivity contribution in [2.45, 2.75) is 20.0 Å². The van der Waals surface area contributed by atoms with Crippen molar-refractivity contribution < 1.29 is 9.84 Å². The van der Waals surface area contributed by atoms with Crippen molar-refractivity contribution in [2.24, 2.45) is 5.92 Å². The molecule has 40 heavy (non-hydrogen) atoms. The van der Waals surface area contributed by atoms with Gasteiger partial charge in [-0.05, 0) is 0 Å². The van der Waals surface area contributed by atoms with Gasteiger partial charge in [0.2, 0.25) is 0 Å². The van der Waals surface area contributed by atoms with Gasteiger partial charge in [-0.15, -0.1) is 0 Å². The molecular formula is C25H21N7O4S2Se2. The van der Waals surface area contributed by atoms with Gasteiger partial charge in [0.25, 0.3) is 0 Å². The summed E-state index contributed by atoms with van der Waals surface area (Å²) in [7, 11) is 0. The molecule has 4 aromatic heterocycles. The summed E-state index contributed by atoms with van der Waals surface area (Å²) in [5.41, 5.74) is 1.67. The molecule has 0 bridgehead atoms. The Hall–Kier alpha value is -2.90. The molecule has 5 heterocycles. The Balaban J connectivity index is 1.01. The number of hydrogen-bond donors (Lipinski definition) is 1. The first-order valence-corrected chi connectivity index (χ1v) is 17.3. The van der Waals surface area contributed by atoms with E-state index in [-0.39, 0.29) is 53.1 Å². The number of ether oxygens (including phenoxy) is 1. The van der Waals surface area contributed by atoms with E-state index in [1.165, 1.54) is 22.7 Å². The fourth-order valence-electron chi connectivity index (χ4n) is 4.66. The molecule has 204 valence electrons. The standard InChI is InChI=1S/C25H21N7O4S2Se2/c1-13-2-4-18-16(8-13)20(34)32(39-18)24-28-29-25(38-24)36-12-15-6-7-30(10-15)22-26-27-23(37-22)31-21(35)17-9-14(11-33)3-5-19(17)40-31/h2-5,8-9,15,33H,6-7,10-12H2,1H3/t15-/m1/s1. The van der Waals surface area contributed by atoms with Crippen LogP contribution in [0.3, 0.4) is 0 Å². The normalized spacial score (nSPS) is 15.6. The van der Waals surface area contributed by atoms with Crippen LogP contribution in [0.15, 0.2) is 46.0 Å². The molecule has 1 atom stereocenters. The second-order valence-electron chi connectivity index (χ2n) is 9.50. The van der Waals surface area contributed by atoms with Crippen LogP contribution in [-0.2, 0) is 6.61 Å². The van der Waals surface area contributed by atoms with Gasteiger partial charge in [-0.25, -0.2) is 0 Å². The van der Waals surface area contributed by atoms with Gasteiger partial charge in [0.15, 0.2) is 0 Å². The monoisotopic (exact) mass is 707 g/mol.